The van der Waals surface area contributed by atoms with E-state index in [-0.39, 0.29) is 11.5 Å². The summed E-state index contributed by atoms with van der Waals surface area (Å²) in [5.74, 6) is 0. The number of hydrogen-bond donors (Lipinski definition) is 2. The smallest absolute Gasteiger partial charge is 0.209 e. The zero-order chi connectivity index (χ0) is 20.6. The standard InChI is InChI=1S/C21H27N7OS/c22-19-24-25-20(30-19)27-7-4-21(5-8-27)11-18(29)13-26(14-21)12-16-2-1-3-17(10-16)28-9-6-23-15-28/h1-3,6,9-10,15,18,29H,4-5,7-8,11-14H2,(H2,22,24). The van der Waals surface area contributed by atoms with Gasteiger partial charge in [-0.2, -0.15) is 0 Å². The predicted molar refractivity (Wildman–Crippen MR) is 118 cm³/mol. The minimum atomic E-state index is -0.278. The molecule has 4 heterocycles. The van der Waals surface area contributed by atoms with Crippen molar-refractivity contribution in [3.05, 3.63) is 48.5 Å². The van der Waals surface area contributed by atoms with Crippen LogP contribution in [0.15, 0.2) is 43.0 Å². The Balaban J connectivity index is 1.26. The number of β-amino-alcohol motifs (C(OH)–C–C–N with tert-alkyl or cyclic N) is 1. The second kappa shape index (κ2) is 7.98. The average molecular weight is 426 g/mol. The highest BCUT2D eigenvalue weighted by Gasteiger charge is 2.41. The van der Waals surface area contributed by atoms with Crippen molar-refractivity contribution < 1.29 is 5.11 Å². The van der Waals surface area contributed by atoms with Crippen LogP contribution in [0.2, 0.25) is 0 Å². The van der Waals surface area contributed by atoms with Gasteiger partial charge in [-0.1, -0.05) is 23.5 Å². The number of imidazole rings is 1. The second-order valence-corrected chi connectivity index (χ2v) is 9.56. The van der Waals surface area contributed by atoms with Crippen molar-refractivity contribution in [1.29, 1.82) is 0 Å². The number of aromatic nitrogens is 4. The van der Waals surface area contributed by atoms with Gasteiger partial charge < -0.3 is 20.3 Å². The summed E-state index contributed by atoms with van der Waals surface area (Å²) in [6, 6.07) is 8.55. The minimum absolute atomic E-state index is 0.159. The second-order valence-electron chi connectivity index (χ2n) is 8.58. The van der Waals surface area contributed by atoms with Gasteiger partial charge in [0.2, 0.25) is 10.3 Å². The minimum Gasteiger partial charge on any atom is -0.392 e. The number of anilines is 2. The van der Waals surface area contributed by atoms with Crippen LogP contribution in [0.1, 0.15) is 24.8 Å². The molecule has 158 valence electrons. The molecule has 2 aliphatic heterocycles. The van der Waals surface area contributed by atoms with Gasteiger partial charge in [-0.15, -0.1) is 10.2 Å². The van der Waals surface area contributed by atoms with Crippen LogP contribution in [0.3, 0.4) is 0 Å². The van der Waals surface area contributed by atoms with E-state index in [0.29, 0.717) is 5.13 Å². The summed E-state index contributed by atoms with van der Waals surface area (Å²) in [7, 11) is 0. The van der Waals surface area contributed by atoms with E-state index in [0.717, 1.165) is 62.8 Å². The van der Waals surface area contributed by atoms with Gasteiger partial charge in [0, 0.05) is 50.8 Å². The van der Waals surface area contributed by atoms with Crippen LogP contribution in [-0.4, -0.2) is 62.0 Å². The van der Waals surface area contributed by atoms with Gasteiger partial charge in [0.15, 0.2) is 0 Å². The Bertz CT molecular complexity index is 981. The summed E-state index contributed by atoms with van der Waals surface area (Å²) >= 11 is 1.45. The molecule has 0 bridgehead atoms. The van der Waals surface area contributed by atoms with Crippen molar-refractivity contribution >= 4 is 21.6 Å². The van der Waals surface area contributed by atoms with Crippen LogP contribution in [0.25, 0.3) is 5.69 Å². The van der Waals surface area contributed by atoms with E-state index in [1.54, 1.807) is 6.20 Å². The lowest BCUT2D eigenvalue weighted by Gasteiger charge is -2.49. The quantitative estimate of drug-likeness (QED) is 0.661. The molecule has 2 aliphatic rings. The van der Waals surface area contributed by atoms with E-state index in [1.807, 2.05) is 17.1 Å². The first-order valence-corrected chi connectivity index (χ1v) is 11.2. The van der Waals surface area contributed by atoms with E-state index >= 15 is 0 Å². The first-order valence-electron chi connectivity index (χ1n) is 10.4. The van der Waals surface area contributed by atoms with E-state index < -0.39 is 0 Å². The van der Waals surface area contributed by atoms with Gasteiger partial charge in [-0.05, 0) is 42.4 Å². The number of nitrogens with zero attached hydrogens (tertiary/aromatic N) is 6. The lowest BCUT2D eigenvalue weighted by Crippen LogP contribution is -2.53. The molecule has 9 heteroatoms. The number of aliphatic hydroxyl groups is 1. The van der Waals surface area contributed by atoms with Crippen LogP contribution >= 0.6 is 11.3 Å². The van der Waals surface area contributed by atoms with E-state index in [1.165, 1.54) is 16.9 Å². The number of likely N-dealkylation sites (tertiary alicyclic amines) is 1. The van der Waals surface area contributed by atoms with Crippen molar-refractivity contribution in [2.24, 2.45) is 5.41 Å². The zero-order valence-corrected chi connectivity index (χ0v) is 17.7. The number of nitrogens with two attached hydrogens (primary N) is 1. The molecule has 1 spiro atoms. The molecule has 1 unspecified atom stereocenters. The summed E-state index contributed by atoms with van der Waals surface area (Å²) in [6.07, 6.45) is 8.27. The van der Waals surface area contributed by atoms with Gasteiger partial charge >= 0.3 is 0 Å². The Labute approximate surface area is 180 Å². The van der Waals surface area contributed by atoms with Crippen LogP contribution in [0.4, 0.5) is 10.3 Å². The maximum atomic E-state index is 10.7. The molecule has 3 aromatic rings. The summed E-state index contributed by atoms with van der Waals surface area (Å²) in [6.45, 7) is 4.47. The first-order chi connectivity index (χ1) is 14.6. The number of piperidine rings is 2. The first kappa shape index (κ1) is 19.5. The Morgan fingerprint density at radius 2 is 2.10 bits per heavy atom. The highest BCUT2D eigenvalue weighted by atomic mass is 32.1. The largest absolute Gasteiger partial charge is 0.392 e. The van der Waals surface area contributed by atoms with Crippen LogP contribution < -0.4 is 10.6 Å². The Morgan fingerprint density at radius 1 is 1.23 bits per heavy atom. The molecular weight excluding hydrogens is 398 g/mol. The molecule has 1 aromatic carbocycles. The number of rotatable bonds is 4. The summed E-state index contributed by atoms with van der Waals surface area (Å²) in [4.78, 5) is 8.83. The molecule has 0 radical (unpaired) electrons. The van der Waals surface area contributed by atoms with Gasteiger partial charge in [-0.3, -0.25) is 4.90 Å². The lowest BCUT2D eigenvalue weighted by molar-refractivity contribution is -0.0251. The predicted octanol–water partition coefficient (Wildman–Crippen LogP) is 2.16. The molecule has 2 saturated heterocycles. The fourth-order valence-electron chi connectivity index (χ4n) is 4.96. The Kier molecular flexibility index (Phi) is 5.18. The molecule has 0 aliphatic carbocycles. The molecule has 0 amide bonds. The Hall–Kier alpha value is -2.49. The van der Waals surface area contributed by atoms with Crippen molar-refractivity contribution in [2.75, 3.05) is 36.8 Å². The van der Waals surface area contributed by atoms with Gasteiger partial charge in [0.1, 0.15) is 0 Å². The molecular formula is C21H27N7OS. The monoisotopic (exact) mass is 425 g/mol. The fraction of sp³-hybridized carbons (Fsp3) is 0.476. The number of hydrogen-bond acceptors (Lipinski definition) is 8. The van der Waals surface area contributed by atoms with E-state index in [9.17, 15) is 5.11 Å². The Morgan fingerprint density at radius 3 is 2.83 bits per heavy atom. The molecule has 0 saturated carbocycles. The fourth-order valence-corrected chi connectivity index (χ4v) is 5.62. The molecule has 1 atom stereocenters. The number of nitrogen functional groups attached to an aromatic ring is 1. The highest BCUT2D eigenvalue weighted by Crippen LogP contribution is 2.41. The van der Waals surface area contributed by atoms with Gasteiger partial charge in [0.25, 0.3) is 0 Å². The summed E-state index contributed by atoms with van der Waals surface area (Å²) in [5, 5.41) is 20.2. The van der Waals surface area contributed by atoms with E-state index in [4.69, 9.17) is 5.73 Å². The van der Waals surface area contributed by atoms with Crippen LogP contribution in [0.5, 0.6) is 0 Å². The van der Waals surface area contributed by atoms with Crippen molar-refractivity contribution in [3.8, 4) is 5.69 Å². The third kappa shape index (κ3) is 4.05. The SMILES string of the molecule is Nc1nnc(N2CCC3(CC2)CC(O)CN(Cc2cccc(-n4ccnc4)c2)C3)s1. The molecule has 2 aromatic heterocycles. The van der Waals surface area contributed by atoms with Gasteiger partial charge in [-0.25, -0.2) is 4.98 Å². The average Bonchev–Trinajstić information content (AvgIpc) is 3.40. The van der Waals surface area contributed by atoms with E-state index in [2.05, 4.69) is 49.2 Å². The third-order valence-corrected chi connectivity index (χ3v) is 7.15. The maximum Gasteiger partial charge on any atom is 0.209 e. The molecule has 2 fully saturated rings. The summed E-state index contributed by atoms with van der Waals surface area (Å²) < 4.78 is 2.02. The van der Waals surface area contributed by atoms with Crippen LogP contribution in [-0.2, 0) is 6.54 Å². The molecule has 5 rings (SSSR count). The third-order valence-electron chi connectivity index (χ3n) is 6.34. The van der Waals surface area contributed by atoms with Crippen LogP contribution in [0, 0.1) is 5.41 Å². The number of benzene rings is 1. The maximum absolute atomic E-state index is 10.7. The van der Waals surface area contributed by atoms with Crippen molar-refractivity contribution in [3.63, 3.8) is 0 Å². The topological polar surface area (TPSA) is 96.3 Å². The molecule has 30 heavy (non-hydrogen) atoms. The molecule has 3 N–H and O–H groups in total. The lowest BCUT2D eigenvalue weighted by atomic mass is 9.71. The number of aliphatic hydroxyl groups excluding tert-OH is 1. The van der Waals surface area contributed by atoms with Crippen molar-refractivity contribution in [2.45, 2.75) is 31.9 Å². The highest BCUT2D eigenvalue weighted by molar-refractivity contribution is 7.18. The summed E-state index contributed by atoms with van der Waals surface area (Å²) in [5.41, 5.74) is 8.28. The van der Waals surface area contributed by atoms with Crippen molar-refractivity contribution in [1.82, 2.24) is 24.6 Å². The van der Waals surface area contributed by atoms with Gasteiger partial charge in [0.05, 0.1) is 12.4 Å². The normalized spacial score (nSPS) is 21.9. The molecule has 8 nitrogen and oxygen atoms in total. The zero-order valence-electron chi connectivity index (χ0n) is 16.9.